The molecule has 0 aliphatic rings. The van der Waals surface area contributed by atoms with Crippen LogP contribution in [0, 0.1) is 5.82 Å². The molecule has 0 amide bonds. The number of halogens is 2. The van der Waals surface area contributed by atoms with Crippen LogP contribution < -0.4 is 0 Å². The fourth-order valence-electron chi connectivity index (χ4n) is 1.44. The van der Waals surface area contributed by atoms with E-state index in [0.717, 1.165) is 11.1 Å². The van der Waals surface area contributed by atoms with E-state index < -0.39 is 0 Å². The van der Waals surface area contributed by atoms with Crippen LogP contribution in [0.5, 0.6) is 0 Å². The minimum atomic E-state index is -0.207. The van der Waals surface area contributed by atoms with Crippen molar-refractivity contribution in [3.05, 3.63) is 58.0 Å². The molecule has 0 radical (unpaired) electrons. The molecule has 2 rings (SSSR count). The quantitative estimate of drug-likeness (QED) is 0.698. The first-order valence-corrected chi connectivity index (χ1v) is 6.04. The van der Waals surface area contributed by atoms with E-state index in [1.165, 1.54) is 12.1 Å². The van der Waals surface area contributed by atoms with Gasteiger partial charge in [-0.25, -0.2) is 4.39 Å². The van der Waals surface area contributed by atoms with Gasteiger partial charge in [0.1, 0.15) is 5.82 Å². The topological polar surface area (TPSA) is 0 Å². The summed E-state index contributed by atoms with van der Waals surface area (Å²) >= 11 is 7.84. The highest BCUT2D eigenvalue weighted by Crippen LogP contribution is 2.26. The van der Waals surface area contributed by atoms with E-state index in [-0.39, 0.29) is 11.2 Å². The Morgan fingerprint density at radius 2 is 2.20 bits per heavy atom. The van der Waals surface area contributed by atoms with Crippen LogP contribution in [0.25, 0.3) is 0 Å². The van der Waals surface area contributed by atoms with E-state index in [1.807, 2.05) is 22.9 Å². The molecule has 78 valence electrons. The third-order valence-electron chi connectivity index (χ3n) is 2.21. The number of hydrogen-bond acceptors (Lipinski definition) is 1. The fraction of sp³-hybridized carbons (Fsp3) is 0.167. The highest BCUT2D eigenvalue weighted by Gasteiger charge is 2.09. The molecule has 1 heterocycles. The van der Waals surface area contributed by atoms with Crippen molar-refractivity contribution >= 4 is 22.9 Å². The molecule has 0 saturated carbocycles. The zero-order valence-corrected chi connectivity index (χ0v) is 9.56. The maximum absolute atomic E-state index is 12.9. The van der Waals surface area contributed by atoms with Gasteiger partial charge >= 0.3 is 0 Å². The predicted octanol–water partition coefficient (Wildman–Crippen LogP) is 4.41. The molecular formula is C12H10ClFS. The first kappa shape index (κ1) is 10.7. The van der Waals surface area contributed by atoms with Gasteiger partial charge in [0.15, 0.2) is 0 Å². The van der Waals surface area contributed by atoms with Gasteiger partial charge in [-0.3, -0.25) is 0 Å². The summed E-state index contributed by atoms with van der Waals surface area (Å²) in [6.07, 6.45) is 0.663. The Bertz CT molecular complexity index is 425. The van der Waals surface area contributed by atoms with Crippen LogP contribution in [0.3, 0.4) is 0 Å². The number of alkyl halides is 1. The van der Waals surface area contributed by atoms with Gasteiger partial charge in [-0.05, 0) is 46.5 Å². The van der Waals surface area contributed by atoms with Gasteiger partial charge in [0.25, 0.3) is 0 Å². The van der Waals surface area contributed by atoms with Crippen molar-refractivity contribution in [1.29, 1.82) is 0 Å². The van der Waals surface area contributed by atoms with E-state index in [4.69, 9.17) is 11.6 Å². The molecule has 1 aromatic carbocycles. The molecule has 1 aromatic heterocycles. The van der Waals surface area contributed by atoms with Crippen molar-refractivity contribution in [2.75, 3.05) is 0 Å². The van der Waals surface area contributed by atoms with Gasteiger partial charge in [-0.1, -0.05) is 12.1 Å². The smallest absolute Gasteiger partial charge is 0.123 e. The van der Waals surface area contributed by atoms with Crippen molar-refractivity contribution in [2.24, 2.45) is 0 Å². The maximum atomic E-state index is 12.9. The number of thiophene rings is 1. The molecule has 2 aromatic rings. The molecule has 0 N–H and O–H groups in total. The third kappa shape index (κ3) is 2.80. The summed E-state index contributed by atoms with van der Waals surface area (Å²) in [7, 11) is 0. The zero-order chi connectivity index (χ0) is 10.7. The Kier molecular flexibility index (Phi) is 3.39. The third-order valence-corrected chi connectivity index (χ3v) is 3.32. The standard InChI is InChI=1S/C12H10ClFS/c13-12(10-4-5-15-8-10)7-9-2-1-3-11(14)6-9/h1-6,8,12H,7H2. The van der Waals surface area contributed by atoms with Crippen LogP contribution in [-0.4, -0.2) is 0 Å². The molecule has 0 fully saturated rings. The largest absolute Gasteiger partial charge is 0.207 e. The summed E-state index contributed by atoms with van der Waals surface area (Å²) in [5, 5.41) is 3.95. The lowest BCUT2D eigenvalue weighted by Crippen LogP contribution is -1.94. The molecule has 1 atom stereocenters. The first-order chi connectivity index (χ1) is 7.25. The molecule has 3 heteroatoms. The average molecular weight is 241 g/mol. The van der Waals surface area contributed by atoms with Crippen LogP contribution in [0.1, 0.15) is 16.5 Å². The average Bonchev–Trinajstić information content (AvgIpc) is 2.70. The molecule has 0 aliphatic carbocycles. The summed E-state index contributed by atoms with van der Waals surface area (Å²) in [6.45, 7) is 0. The molecule has 1 unspecified atom stereocenters. The molecule has 0 spiro atoms. The Morgan fingerprint density at radius 1 is 1.33 bits per heavy atom. The van der Waals surface area contributed by atoms with Crippen molar-refractivity contribution < 1.29 is 4.39 Å². The molecule has 0 nitrogen and oxygen atoms in total. The molecule has 0 saturated heterocycles. The van der Waals surface area contributed by atoms with Gasteiger partial charge in [0.05, 0.1) is 5.38 Å². The highest BCUT2D eigenvalue weighted by atomic mass is 35.5. The summed E-state index contributed by atoms with van der Waals surface area (Å²) in [5.74, 6) is -0.207. The van der Waals surface area contributed by atoms with Crippen LogP contribution in [-0.2, 0) is 6.42 Å². The Labute approximate surface area is 97.3 Å². The zero-order valence-electron chi connectivity index (χ0n) is 7.99. The van der Waals surface area contributed by atoms with Gasteiger partial charge < -0.3 is 0 Å². The SMILES string of the molecule is Fc1cccc(CC(Cl)c2ccsc2)c1. The summed E-state index contributed by atoms with van der Waals surface area (Å²) in [6, 6.07) is 8.58. The monoisotopic (exact) mass is 240 g/mol. The summed E-state index contributed by atoms with van der Waals surface area (Å²) in [5.41, 5.74) is 2.03. The maximum Gasteiger partial charge on any atom is 0.123 e. The minimum absolute atomic E-state index is 0.0713. The normalized spacial score (nSPS) is 12.7. The second-order valence-electron chi connectivity index (χ2n) is 3.36. The van der Waals surface area contributed by atoms with Crippen LogP contribution in [0.2, 0.25) is 0 Å². The van der Waals surface area contributed by atoms with Crippen molar-refractivity contribution in [3.8, 4) is 0 Å². The van der Waals surface area contributed by atoms with E-state index in [0.29, 0.717) is 6.42 Å². The van der Waals surface area contributed by atoms with Gasteiger partial charge in [0.2, 0.25) is 0 Å². The van der Waals surface area contributed by atoms with Gasteiger partial charge in [0, 0.05) is 0 Å². The lowest BCUT2D eigenvalue weighted by molar-refractivity contribution is 0.625. The van der Waals surface area contributed by atoms with E-state index in [1.54, 1.807) is 17.4 Å². The Balaban J connectivity index is 2.09. The van der Waals surface area contributed by atoms with E-state index >= 15 is 0 Å². The summed E-state index contributed by atoms with van der Waals surface area (Å²) in [4.78, 5) is 0. The Hall–Kier alpha value is -0.860. The first-order valence-electron chi connectivity index (χ1n) is 4.66. The summed E-state index contributed by atoms with van der Waals surface area (Å²) < 4.78 is 12.9. The van der Waals surface area contributed by atoms with Crippen LogP contribution >= 0.6 is 22.9 Å². The second-order valence-corrected chi connectivity index (χ2v) is 4.67. The lowest BCUT2D eigenvalue weighted by Gasteiger charge is -2.07. The molecule has 15 heavy (non-hydrogen) atoms. The number of benzene rings is 1. The molecule has 0 aliphatic heterocycles. The van der Waals surface area contributed by atoms with E-state index in [2.05, 4.69) is 0 Å². The number of rotatable bonds is 3. The van der Waals surface area contributed by atoms with Crippen molar-refractivity contribution in [3.63, 3.8) is 0 Å². The van der Waals surface area contributed by atoms with Crippen molar-refractivity contribution in [1.82, 2.24) is 0 Å². The second kappa shape index (κ2) is 4.77. The van der Waals surface area contributed by atoms with Crippen molar-refractivity contribution in [2.45, 2.75) is 11.8 Å². The molecular weight excluding hydrogens is 231 g/mol. The van der Waals surface area contributed by atoms with E-state index in [9.17, 15) is 4.39 Å². The number of hydrogen-bond donors (Lipinski definition) is 0. The van der Waals surface area contributed by atoms with Crippen LogP contribution in [0.15, 0.2) is 41.1 Å². The lowest BCUT2D eigenvalue weighted by atomic mass is 10.1. The highest BCUT2D eigenvalue weighted by molar-refractivity contribution is 7.08. The Morgan fingerprint density at radius 3 is 2.87 bits per heavy atom. The predicted molar refractivity (Wildman–Crippen MR) is 63.0 cm³/mol. The fourth-order valence-corrected chi connectivity index (χ4v) is 2.54. The van der Waals surface area contributed by atoms with Gasteiger partial charge in [-0.2, -0.15) is 11.3 Å². The minimum Gasteiger partial charge on any atom is -0.207 e. The van der Waals surface area contributed by atoms with Gasteiger partial charge in [-0.15, -0.1) is 11.6 Å². The molecule has 0 bridgehead atoms. The van der Waals surface area contributed by atoms with Crippen LogP contribution in [0.4, 0.5) is 4.39 Å².